The van der Waals surface area contributed by atoms with Gasteiger partial charge in [0.05, 0.1) is 17.1 Å². The third-order valence-electron chi connectivity index (χ3n) is 3.78. The van der Waals surface area contributed by atoms with Gasteiger partial charge in [-0.05, 0) is 49.1 Å². The number of benzene rings is 2. The van der Waals surface area contributed by atoms with E-state index in [-0.39, 0.29) is 18.0 Å². The van der Waals surface area contributed by atoms with Crippen molar-refractivity contribution in [1.29, 1.82) is 0 Å². The van der Waals surface area contributed by atoms with Crippen molar-refractivity contribution >= 4 is 17.3 Å². The number of rotatable bonds is 5. The molecule has 0 aliphatic rings. The van der Waals surface area contributed by atoms with Crippen LogP contribution < -0.4 is 5.43 Å². The van der Waals surface area contributed by atoms with Gasteiger partial charge in [-0.3, -0.25) is 14.9 Å². The number of hydrogen-bond acceptors (Lipinski definition) is 4. The molecule has 124 valence electrons. The molecule has 0 aliphatic carbocycles. The number of hydrazone groups is 1. The molecule has 1 N–H and O–H groups in total. The van der Waals surface area contributed by atoms with Gasteiger partial charge in [-0.1, -0.05) is 24.3 Å². The van der Waals surface area contributed by atoms with Gasteiger partial charge in [0.15, 0.2) is 0 Å². The Labute approximate surface area is 140 Å². The monoisotopic (exact) mass is 325 g/mol. The lowest BCUT2D eigenvalue weighted by atomic mass is 10.0. The van der Waals surface area contributed by atoms with Gasteiger partial charge in [-0.2, -0.15) is 5.10 Å². The summed E-state index contributed by atoms with van der Waals surface area (Å²) in [5, 5.41) is 14.7. The number of aryl methyl sites for hydroxylation is 2. The van der Waals surface area contributed by atoms with E-state index in [0.29, 0.717) is 5.56 Å². The molecule has 0 fully saturated rings. The maximum Gasteiger partial charge on any atom is 0.269 e. The Bertz CT molecular complexity index is 796. The lowest BCUT2D eigenvalue weighted by Crippen LogP contribution is -2.21. The van der Waals surface area contributed by atoms with Crippen LogP contribution in [-0.2, 0) is 11.2 Å². The molecule has 6 nitrogen and oxygen atoms in total. The molecule has 0 spiro atoms. The quantitative estimate of drug-likeness (QED) is 0.520. The third-order valence-corrected chi connectivity index (χ3v) is 3.78. The van der Waals surface area contributed by atoms with Crippen LogP contribution >= 0.6 is 0 Å². The highest BCUT2D eigenvalue weighted by molar-refractivity contribution is 5.99. The number of nitrogens with one attached hydrogen (secondary N) is 1. The number of non-ortho nitro benzene ring substituents is 1. The van der Waals surface area contributed by atoms with Gasteiger partial charge in [0.1, 0.15) is 0 Å². The number of nitro benzene ring substituents is 1. The van der Waals surface area contributed by atoms with Crippen molar-refractivity contribution in [2.45, 2.75) is 27.2 Å². The molecule has 0 atom stereocenters. The molecule has 6 heteroatoms. The molecule has 2 aromatic carbocycles. The van der Waals surface area contributed by atoms with Crippen molar-refractivity contribution in [3.63, 3.8) is 0 Å². The highest BCUT2D eigenvalue weighted by Crippen LogP contribution is 2.12. The molecule has 0 bridgehead atoms. The van der Waals surface area contributed by atoms with E-state index in [9.17, 15) is 14.9 Å². The summed E-state index contributed by atoms with van der Waals surface area (Å²) in [6.07, 6.45) is 0.113. The molecule has 24 heavy (non-hydrogen) atoms. The average Bonchev–Trinajstić information content (AvgIpc) is 2.55. The van der Waals surface area contributed by atoms with Crippen LogP contribution in [0.3, 0.4) is 0 Å². The van der Waals surface area contributed by atoms with Crippen LogP contribution in [0.25, 0.3) is 0 Å². The molecule has 0 saturated heterocycles. The predicted octanol–water partition coefficient (Wildman–Crippen LogP) is 3.29. The Hall–Kier alpha value is -3.02. The molecule has 0 saturated carbocycles. The van der Waals surface area contributed by atoms with E-state index in [1.54, 1.807) is 12.1 Å². The number of nitro groups is 1. The minimum Gasteiger partial charge on any atom is -0.273 e. The summed E-state index contributed by atoms with van der Waals surface area (Å²) in [5.41, 5.74) is 7.25. The number of nitrogens with zero attached hydrogens (tertiary/aromatic N) is 2. The maximum atomic E-state index is 11.9. The van der Waals surface area contributed by atoms with Crippen LogP contribution in [0.4, 0.5) is 5.69 Å². The standard InChI is InChI=1S/C18H19N3O3/c1-12-4-7-16(10-13(12)2)14(3)19-20-18(22)11-15-5-8-17(9-6-15)21(23)24/h4-10H,11H2,1-3H3,(H,20,22). The third kappa shape index (κ3) is 4.49. The van der Waals surface area contributed by atoms with Crippen molar-refractivity contribution in [2.75, 3.05) is 0 Å². The summed E-state index contributed by atoms with van der Waals surface area (Å²) in [4.78, 5) is 22.1. The molecular formula is C18H19N3O3. The minimum atomic E-state index is -0.471. The summed E-state index contributed by atoms with van der Waals surface area (Å²) >= 11 is 0. The molecule has 0 aliphatic heterocycles. The van der Waals surface area contributed by atoms with E-state index in [1.165, 1.54) is 23.3 Å². The van der Waals surface area contributed by atoms with Crippen LogP contribution in [0.2, 0.25) is 0 Å². The van der Waals surface area contributed by atoms with Crippen molar-refractivity contribution in [3.05, 3.63) is 74.8 Å². The highest BCUT2D eigenvalue weighted by Gasteiger charge is 2.07. The summed E-state index contributed by atoms with van der Waals surface area (Å²) in [6, 6.07) is 11.9. The predicted molar refractivity (Wildman–Crippen MR) is 93.1 cm³/mol. The van der Waals surface area contributed by atoms with Gasteiger partial charge < -0.3 is 0 Å². The first-order chi connectivity index (χ1) is 11.4. The van der Waals surface area contributed by atoms with E-state index in [4.69, 9.17) is 0 Å². The summed E-state index contributed by atoms with van der Waals surface area (Å²) < 4.78 is 0. The fourth-order valence-electron chi connectivity index (χ4n) is 2.14. The van der Waals surface area contributed by atoms with Gasteiger partial charge in [0.25, 0.3) is 5.69 Å². The number of amides is 1. The Morgan fingerprint density at radius 3 is 2.38 bits per heavy atom. The van der Waals surface area contributed by atoms with Crippen molar-refractivity contribution in [3.8, 4) is 0 Å². The first-order valence-electron chi connectivity index (χ1n) is 7.51. The van der Waals surface area contributed by atoms with Crippen molar-refractivity contribution in [1.82, 2.24) is 5.43 Å². The second kappa shape index (κ2) is 7.50. The van der Waals surface area contributed by atoms with E-state index >= 15 is 0 Å². The topological polar surface area (TPSA) is 84.6 Å². The number of carbonyl (C=O) groups excluding carboxylic acids is 1. The van der Waals surface area contributed by atoms with Crippen LogP contribution in [0.1, 0.15) is 29.2 Å². The van der Waals surface area contributed by atoms with Gasteiger partial charge >= 0.3 is 0 Å². The molecule has 0 heterocycles. The van der Waals surface area contributed by atoms with Gasteiger partial charge in [-0.15, -0.1) is 0 Å². The first kappa shape index (κ1) is 17.3. The fourth-order valence-corrected chi connectivity index (χ4v) is 2.14. The highest BCUT2D eigenvalue weighted by atomic mass is 16.6. The van der Waals surface area contributed by atoms with E-state index < -0.39 is 4.92 Å². The smallest absolute Gasteiger partial charge is 0.269 e. The zero-order valence-corrected chi connectivity index (χ0v) is 13.9. The molecule has 0 radical (unpaired) electrons. The Balaban J connectivity index is 1.98. The van der Waals surface area contributed by atoms with Crippen molar-refractivity contribution in [2.24, 2.45) is 5.10 Å². The minimum absolute atomic E-state index is 0.00256. The second-order valence-electron chi connectivity index (χ2n) is 5.63. The summed E-state index contributed by atoms with van der Waals surface area (Å²) in [6.45, 7) is 5.90. The number of hydrogen-bond donors (Lipinski definition) is 1. The number of carbonyl (C=O) groups is 1. The Kier molecular flexibility index (Phi) is 5.42. The molecule has 0 aromatic heterocycles. The second-order valence-corrected chi connectivity index (χ2v) is 5.63. The average molecular weight is 325 g/mol. The van der Waals surface area contributed by atoms with Gasteiger partial charge in [-0.25, -0.2) is 5.43 Å². The lowest BCUT2D eigenvalue weighted by molar-refractivity contribution is -0.384. The van der Waals surface area contributed by atoms with Crippen molar-refractivity contribution < 1.29 is 9.72 Å². The maximum absolute atomic E-state index is 11.9. The molecule has 2 aromatic rings. The zero-order valence-electron chi connectivity index (χ0n) is 13.9. The SMILES string of the molecule is CC(=NNC(=O)Cc1ccc([N+](=O)[O-])cc1)c1ccc(C)c(C)c1. The van der Waals surface area contributed by atoms with E-state index in [0.717, 1.165) is 11.3 Å². The van der Waals surface area contributed by atoms with Crippen LogP contribution in [0.15, 0.2) is 47.6 Å². The fraction of sp³-hybridized carbons (Fsp3) is 0.222. The molecular weight excluding hydrogens is 306 g/mol. The normalized spacial score (nSPS) is 11.2. The summed E-state index contributed by atoms with van der Waals surface area (Å²) in [5.74, 6) is -0.271. The Morgan fingerprint density at radius 2 is 1.79 bits per heavy atom. The van der Waals surface area contributed by atoms with Crippen LogP contribution in [0.5, 0.6) is 0 Å². The first-order valence-corrected chi connectivity index (χ1v) is 7.51. The zero-order chi connectivity index (χ0) is 17.7. The summed E-state index contributed by atoms with van der Waals surface area (Å²) in [7, 11) is 0. The molecule has 0 unspecified atom stereocenters. The van der Waals surface area contributed by atoms with Gasteiger partial charge in [0, 0.05) is 12.1 Å². The largest absolute Gasteiger partial charge is 0.273 e. The van der Waals surface area contributed by atoms with Crippen LogP contribution in [0, 0.1) is 24.0 Å². The van der Waals surface area contributed by atoms with E-state index in [1.807, 2.05) is 39.0 Å². The molecule has 2 rings (SSSR count). The lowest BCUT2D eigenvalue weighted by Gasteiger charge is -2.06. The Morgan fingerprint density at radius 1 is 1.12 bits per heavy atom. The van der Waals surface area contributed by atoms with Crippen LogP contribution in [-0.4, -0.2) is 16.5 Å². The van der Waals surface area contributed by atoms with E-state index in [2.05, 4.69) is 10.5 Å². The van der Waals surface area contributed by atoms with Gasteiger partial charge in [0.2, 0.25) is 5.91 Å². The molecule has 1 amide bonds.